The first-order valence-corrected chi connectivity index (χ1v) is 7.74. The van der Waals surface area contributed by atoms with E-state index in [1.165, 1.54) is 0 Å². The fourth-order valence-corrected chi connectivity index (χ4v) is 3.64. The van der Waals surface area contributed by atoms with Crippen LogP contribution in [-0.2, 0) is 16.0 Å². The predicted octanol–water partition coefficient (Wildman–Crippen LogP) is 2.19. The van der Waals surface area contributed by atoms with Gasteiger partial charge in [-0.15, -0.1) is 0 Å². The van der Waals surface area contributed by atoms with Gasteiger partial charge in [0, 0.05) is 5.71 Å². The number of carbonyl (C=O) groups is 2. The maximum absolute atomic E-state index is 12.7. The molecule has 22 heavy (non-hydrogen) atoms. The molecule has 0 bridgehead atoms. The zero-order valence-electron chi connectivity index (χ0n) is 13.0. The third kappa shape index (κ3) is 2.75. The molecule has 0 saturated heterocycles. The number of hydrogen-bond donors (Lipinski definition) is 1. The highest BCUT2D eigenvalue weighted by Crippen LogP contribution is 2.40. The third-order valence-electron chi connectivity index (χ3n) is 4.65. The van der Waals surface area contributed by atoms with E-state index in [-0.39, 0.29) is 17.1 Å². The molecule has 1 aromatic carbocycles. The van der Waals surface area contributed by atoms with E-state index >= 15 is 0 Å². The lowest BCUT2D eigenvalue weighted by atomic mass is 9.66. The number of rotatable bonds is 2. The summed E-state index contributed by atoms with van der Waals surface area (Å²) in [5.41, 5.74) is 1.39. The molecule has 1 heterocycles. The van der Waals surface area contributed by atoms with Crippen molar-refractivity contribution in [3.05, 3.63) is 35.9 Å². The summed E-state index contributed by atoms with van der Waals surface area (Å²) in [6.45, 7) is 4.06. The van der Waals surface area contributed by atoms with E-state index in [1.54, 1.807) is 0 Å². The molecule has 4 heteroatoms. The number of benzene rings is 1. The topological polar surface area (TPSA) is 66.7 Å². The number of ketones is 1. The van der Waals surface area contributed by atoms with Crippen LogP contribution in [0.25, 0.3) is 0 Å². The fraction of sp³-hybridized carbons (Fsp3) is 0.500. The molecule has 0 aromatic heterocycles. The van der Waals surface area contributed by atoms with Crippen molar-refractivity contribution in [2.75, 3.05) is 0 Å². The molecule has 1 N–H and O–H groups in total. The molecule has 1 aliphatic carbocycles. The number of fused-ring (bicyclic) bond motifs is 1. The molecule has 1 aromatic rings. The maximum Gasteiger partial charge on any atom is 0.256 e. The van der Waals surface area contributed by atoms with Crippen LogP contribution < -0.4 is 0 Å². The predicted molar refractivity (Wildman–Crippen MR) is 83.6 cm³/mol. The van der Waals surface area contributed by atoms with Crippen LogP contribution in [0.4, 0.5) is 0 Å². The molecule has 116 valence electrons. The smallest absolute Gasteiger partial charge is 0.256 e. The van der Waals surface area contributed by atoms with Crippen LogP contribution in [-0.4, -0.2) is 28.6 Å². The van der Waals surface area contributed by atoms with E-state index in [0.29, 0.717) is 25.0 Å². The Morgan fingerprint density at radius 1 is 1.23 bits per heavy atom. The van der Waals surface area contributed by atoms with Crippen molar-refractivity contribution >= 4 is 17.4 Å². The lowest BCUT2D eigenvalue weighted by Gasteiger charge is -2.41. The highest BCUT2D eigenvalue weighted by molar-refractivity contribution is 6.21. The summed E-state index contributed by atoms with van der Waals surface area (Å²) in [5, 5.41) is 10.4. The monoisotopic (exact) mass is 299 g/mol. The van der Waals surface area contributed by atoms with E-state index < -0.39 is 17.9 Å². The first-order chi connectivity index (χ1) is 10.4. The van der Waals surface area contributed by atoms with Crippen LogP contribution in [0.2, 0.25) is 0 Å². The average molecular weight is 299 g/mol. The molecular weight excluding hydrogens is 278 g/mol. The molecule has 3 atom stereocenters. The number of aliphatic imine (C=N–C) groups is 1. The Morgan fingerprint density at radius 3 is 2.59 bits per heavy atom. The normalized spacial score (nSPS) is 30.7. The summed E-state index contributed by atoms with van der Waals surface area (Å²) >= 11 is 0. The number of nitrogens with zero attached hydrogens (tertiary/aromatic N) is 1. The average Bonchev–Trinajstić information content (AvgIpc) is 2.42. The van der Waals surface area contributed by atoms with Crippen LogP contribution in [0.1, 0.15) is 32.3 Å². The minimum Gasteiger partial charge on any atom is -0.392 e. The summed E-state index contributed by atoms with van der Waals surface area (Å²) in [5.74, 6) is -1.88. The quantitative estimate of drug-likeness (QED) is 0.851. The zero-order valence-corrected chi connectivity index (χ0v) is 13.0. The molecule has 3 rings (SSSR count). The standard InChI is InChI=1S/C18H21NO3/c1-18(2)9-13-15(14(20)10-18)16(21)12(17(22)19-13)8-11-6-4-3-5-7-11/h3-7,12,14-15,20H,8-10H2,1-2H3. The molecule has 1 aliphatic heterocycles. The van der Waals surface area contributed by atoms with E-state index in [9.17, 15) is 14.7 Å². The first kappa shape index (κ1) is 15.1. The maximum atomic E-state index is 12.7. The van der Waals surface area contributed by atoms with Crippen LogP contribution in [0.15, 0.2) is 35.3 Å². The largest absolute Gasteiger partial charge is 0.392 e. The minimum absolute atomic E-state index is 0.123. The van der Waals surface area contributed by atoms with Gasteiger partial charge in [-0.3, -0.25) is 9.59 Å². The van der Waals surface area contributed by atoms with Crippen LogP contribution >= 0.6 is 0 Å². The van der Waals surface area contributed by atoms with Crippen molar-refractivity contribution in [2.45, 2.75) is 39.2 Å². The van der Waals surface area contributed by atoms with Crippen molar-refractivity contribution in [3.8, 4) is 0 Å². The Labute approximate surface area is 130 Å². The molecular formula is C18H21NO3. The second-order valence-corrected chi connectivity index (χ2v) is 7.18. The van der Waals surface area contributed by atoms with Gasteiger partial charge in [-0.1, -0.05) is 44.2 Å². The van der Waals surface area contributed by atoms with Gasteiger partial charge < -0.3 is 5.11 Å². The number of Topliss-reactive ketones (excluding diaryl/α,β-unsaturated/α-hetero) is 1. The van der Waals surface area contributed by atoms with Crippen molar-refractivity contribution in [1.82, 2.24) is 0 Å². The van der Waals surface area contributed by atoms with Gasteiger partial charge in [-0.05, 0) is 30.2 Å². The SMILES string of the molecule is CC1(C)CC2=NC(=O)C(Cc3ccccc3)C(=O)C2C(O)C1. The van der Waals surface area contributed by atoms with E-state index in [0.717, 1.165) is 5.56 Å². The van der Waals surface area contributed by atoms with E-state index in [4.69, 9.17) is 0 Å². The number of aliphatic hydroxyl groups is 1. The zero-order chi connectivity index (χ0) is 15.9. The van der Waals surface area contributed by atoms with Gasteiger partial charge in [0.2, 0.25) is 0 Å². The summed E-state index contributed by atoms with van der Waals surface area (Å²) in [6, 6.07) is 9.48. The molecule has 4 nitrogen and oxygen atoms in total. The Bertz CT molecular complexity index is 633. The third-order valence-corrected chi connectivity index (χ3v) is 4.65. The van der Waals surface area contributed by atoms with Crippen molar-refractivity contribution in [3.63, 3.8) is 0 Å². The lowest BCUT2D eigenvalue weighted by Crippen LogP contribution is -2.51. The van der Waals surface area contributed by atoms with Gasteiger partial charge in [0.25, 0.3) is 5.91 Å². The van der Waals surface area contributed by atoms with Crippen molar-refractivity contribution < 1.29 is 14.7 Å². The van der Waals surface area contributed by atoms with Crippen LogP contribution in [0, 0.1) is 17.3 Å². The summed E-state index contributed by atoms with van der Waals surface area (Å²) < 4.78 is 0. The number of hydrogen-bond acceptors (Lipinski definition) is 3. The number of amides is 1. The highest BCUT2D eigenvalue weighted by Gasteiger charge is 2.48. The second-order valence-electron chi connectivity index (χ2n) is 7.18. The first-order valence-electron chi connectivity index (χ1n) is 7.74. The summed E-state index contributed by atoms with van der Waals surface area (Å²) in [7, 11) is 0. The Kier molecular flexibility index (Phi) is 3.73. The van der Waals surface area contributed by atoms with Gasteiger partial charge in [-0.25, -0.2) is 4.99 Å². The van der Waals surface area contributed by atoms with Gasteiger partial charge in [0.15, 0.2) is 5.78 Å². The summed E-state index contributed by atoms with van der Waals surface area (Å²) in [6.07, 6.45) is 0.794. The van der Waals surface area contributed by atoms with Gasteiger partial charge >= 0.3 is 0 Å². The van der Waals surface area contributed by atoms with Crippen LogP contribution in [0.3, 0.4) is 0 Å². The molecule has 0 spiro atoms. The van der Waals surface area contributed by atoms with Gasteiger partial charge in [0.1, 0.15) is 5.92 Å². The van der Waals surface area contributed by atoms with Crippen LogP contribution in [0.5, 0.6) is 0 Å². The van der Waals surface area contributed by atoms with E-state index in [1.807, 2.05) is 44.2 Å². The minimum atomic E-state index is -0.757. The van der Waals surface area contributed by atoms with Crippen molar-refractivity contribution in [2.24, 2.45) is 22.2 Å². The van der Waals surface area contributed by atoms with Crippen molar-refractivity contribution in [1.29, 1.82) is 0 Å². The molecule has 3 unspecified atom stereocenters. The fourth-order valence-electron chi connectivity index (χ4n) is 3.64. The molecule has 1 fully saturated rings. The lowest BCUT2D eigenvalue weighted by molar-refractivity contribution is -0.137. The highest BCUT2D eigenvalue weighted by atomic mass is 16.3. The molecule has 1 saturated carbocycles. The van der Waals surface area contributed by atoms with Gasteiger partial charge in [0.05, 0.1) is 12.0 Å². The Morgan fingerprint density at radius 2 is 1.91 bits per heavy atom. The Hall–Kier alpha value is -1.81. The van der Waals surface area contributed by atoms with Gasteiger partial charge in [-0.2, -0.15) is 0 Å². The molecule has 1 amide bonds. The molecule has 0 radical (unpaired) electrons. The number of carbonyl (C=O) groups excluding carboxylic acids is 2. The van der Waals surface area contributed by atoms with E-state index in [2.05, 4.69) is 4.99 Å². The molecule has 2 aliphatic rings. The Balaban J connectivity index is 1.89. The number of aliphatic hydroxyl groups excluding tert-OH is 1. The summed E-state index contributed by atoms with van der Waals surface area (Å²) in [4.78, 5) is 29.2. The second kappa shape index (κ2) is 5.43.